The summed E-state index contributed by atoms with van der Waals surface area (Å²) in [6.45, 7) is 0. The number of hydrogen-bond donors (Lipinski definition) is 0. The molecule has 0 aliphatic heterocycles. The molecule has 0 saturated heterocycles. The van der Waals surface area contributed by atoms with Gasteiger partial charge in [0.1, 0.15) is 12.1 Å². The zero-order valence-electron chi connectivity index (χ0n) is 13.3. The Bertz CT molecular complexity index is 1010. The Hall–Kier alpha value is -2.88. The Labute approximate surface area is 146 Å². The zero-order valence-corrected chi connectivity index (χ0v) is 14.1. The smallest absolute Gasteiger partial charge is 0.416 e. The monoisotopic (exact) mass is 383 g/mol. The molecule has 1 heterocycles. The minimum Gasteiger partial charge on any atom is -0.497 e. The van der Waals surface area contributed by atoms with Crippen molar-refractivity contribution >= 4 is 10.0 Å². The summed E-state index contributed by atoms with van der Waals surface area (Å²) in [7, 11) is -2.52. The molecule has 3 rings (SSSR count). The quantitative estimate of drug-likeness (QED) is 0.692. The summed E-state index contributed by atoms with van der Waals surface area (Å²) in [5.41, 5.74) is -0.548. The lowest BCUT2D eigenvalue weighted by Gasteiger charge is -2.06. The van der Waals surface area contributed by atoms with Crippen LogP contribution in [0.25, 0.3) is 11.4 Å². The molecule has 0 spiro atoms. The zero-order chi connectivity index (χ0) is 18.9. The molecule has 10 heteroatoms. The maximum absolute atomic E-state index is 12.6. The van der Waals surface area contributed by atoms with Crippen molar-refractivity contribution in [1.82, 2.24) is 14.2 Å². The van der Waals surface area contributed by atoms with Crippen molar-refractivity contribution in [2.24, 2.45) is 0 Å². The molecule has 1 aromatic heterocycles. The molecule has 0 N–H and O–H groups in total. The average Bonchev–Trinajstić information content (AvgIpc) is 3.12. The van der Waals surface area contributed by atoms with E-state index in [4.69, 9.17) is 4.74 Å². The third-order valence-electron chi connectivity index (χ3n) is 3.55. The predicted octanol–water partition coefficient (Wildman–Crippen LogP) is 3.21. The first kappa shape index (κ1) is 17.9. The first-order valence-corrected chi connectivity index (χ1v) is 8.65. The van der Waals surface area contributed by atoms with Gasteiger partial charge in [0.05, 0.1) is 17.6 Å². The second kappa shape index (κ2) is 6.45. The average molecular weight is 383 g/mol. The highest BCUT2D eigenvalue weighted by Crippen LogP contribution is 2.30. The molecule has 0 aliphatic carbocycles. The van der Waals surface area contributed by atoms with E-state index in [-0.39, 0.29) is 16.3 Å². The number of nitrogens with zero attached hydrogens (tertiary/aromatic N) is 3. The molecular weight excluding hydrogens is 371 g/mol. The Morgan fingerprint density at radius 3 is 2.15 bits per heavy atom. The number of hydrogen-bond acceptors (Lipinski definition) is 5. The molecule has 0 bridgehead atoms. The van der Waals surface area contributed by atoms with E-state index >= 15 is 0 Å². The summed E-state index contributed by atoms with van der Waals surface area (Å²) in [5, 5.41) is 3.87. The fraction of sp³-hybridized carbons (Fsp3) is 0.125. The minimum atomic E-state index is -4.46. The largest absolute Gasteiger partial charge is 0.497 e. The highest BCUT2D eigenvalue weighted by Gasteiger charge is 2.30. The van der Waals surface area contributed by atoms with Crippen molar-refractivity contribution in [2.45, 2.75) is 11.1 Å². The number of alkyl halides is 3. The standard InChI is InChI=1S/C16H12F3N3O3S/c1-25-13-6-8-14(9-7-13)26(23,24)22-10-20-15(21-22)11-2-4-12(5-3-11)16(17,18)19/h2-10H,1H3. The van der Waals surface area contributed by atoms with Gasteiger partial charge < -0.3 is 4.74 Å². The Morgan fingerprint density at radius 1 is 1.00 bits per heavy atom. The van der Waals surface area contributed by atoms with E-state index in [1.807, 2.05) is 0 Å². The summed E-state index contributed by atoms with van der Waals surface area (Å²) >= 11 is 0. The highest BCUT2D eigenvalue weighted by molar-refractivity contribution is 7.89. The summed E-state index contributed by atoms with van der Waals surface area (Å²) in [5.74, 6) is 0.490. The SMILES string of the molecule is COc1ccc(S(=O)(=O)n2cnc(-c3ccc(C(F)(F)F)cc3)n2)cc1. The van der Waals surface area contributed by atoms with Gasteiger partial charge in [-0.3, -0.25) is 0 Å². The Kier molecular flexibility index (Phi) is 4.45. The van der Waals surface area contributed by atoms with E-state index in [0.717, 1.165) is 18.5 Å². The Balaban J connectivity index is 1.91. The molecule has 0 radical (unpaired) electrons. The van der Waals surface area contributed by atoms with Crippen molar-refractivity contribution in [3.8, 4) is 17.1 Å². The molecule has 0 amide bonds. The predicted molar refractivity (Wildman–Crippen MR) is 86.0 cm³/mol. The van der Waals surface area contributed by atoms with Crippen molar-refractivity contribution in [3.05, 3.63) is 60.4 Å². The second-order valence-corrected chi connectivity index (χ2v) is 6.99. The van der Waals surface area contributed by atoms with Gasteiger partial charge in [0.25, 0.3) is 10.0 Å². The van der Waals surface area contributed by atoms with Gasteiger partial charge in [-0.25, -0.2) is 4.98 Å². The number of halogens is 3. The lowest BCUT2D eigenvalue weighted by Crippen LogP contribution is -2.13. The fourth-order valence-corrected chi connectivity index (χ4v) is 3.21. The fourth-order valence-electron chi connectivity index (χ4n) is 2.16. The molecule has 3 aromatic rings. The van der Waals surface area contributed by atoms with E-state index in [9.17, 15) is 21.6 Å². The first-order chi connectivity index (χ1) is 12.2. The van der Waals surface area contributed by atoms with E-state index in [0.29, 0.717) is 9.84 Å². The lowest BCUT2D eigenvalue weighted by molar-refractivity contribution is -0.137. The van der Waals surface area contributed by atoms with Crippen LogP contribution in [0.2, 0.25) is 0 Å². The van der Waals surface area contributed by atoms with Crippen molar-refractivity contribution in [1.29, 1.82) is 0 Å². The van der Waals surface area contributed by atoms with Crippen LogP contribution in [-0.4, -0.2) is 29.7 Å². The molecule has 0 fully saturated rings. The van der Waals surface area contributed by atoms with Crippen LogP contribution in [-0.2, 0) is 16.2 Å². The number of methoxy groups -OCH3 is 1. The summed E-state index contributed by atoms with van der Waals surface area (Å²) in [6.07, 6.45) is -3.46. The third-order valence-corrected chi connectivity index (χ3v) is 5.08. The van der Waals surface area contributed by atoms with Gasteiger partial charge in [-0.1, -0.05) is 12.1 Å². The normalized spacial score (nSPS) is 12.2. The van der Waals surface area contributed by atoms with Gasteiger partial charge in [-0.15, -0.1) is 9.19 Å². The molecule has 26 heavy (non-hydrogen) atoms. The van der Waals surface area contributed by atoms with E-state index in [1.54, 1.807) is 0 Å². The molecule has 0 atom stereocenters. The van der Waals surface area contributed by atoms with Crippen molar-refractivity contribution < 1.29 is 26.3 Å². The third kappa shape index (κ3) is 3.40. The van der Waals surface area contributed by atoms with Gasteiger partial charge in [0.2, 0.25) is 0 Å². The maximum Gasteiger partial charge on any atom is 0.416 e. The van der Waals surface area contributed by atoms with Crippen LogP contribution in [0.3, 0.4) is 0 Å². The Morgan fingerprint density at radius 2 is 1.62 bits per heavy atom. The van der Waals surface area contributed by atoms with E-state index < -0.39 is 21.8 Å². The molecule has 0 unspecified atom stereocenters. The van der Waals surface area contributed by atoms with Gasteiger partial charge in [-0.05, 0) is 36.4 Å². The molecule has 6 nitrogen and oxygen atoms in total. The van der Waals surface area contributed by atoms with Crippen LogP contribution >= 0.6 is 0 Å². The topological polar surface area (TPSA) is 74.1 Å². The number of ether oxygens (including phenoxy) is 1. The molecule has 2 aromatic carbocycles. The van der Waals surface area contributed by atoms with Crippen molar-refractivity contribution in [2.75, 3.05) is 7.11 Å². The van der Waals surface area contributed by atoms with Gasteiger partial charge in [0.15, 0.2) is 5.82 Å². The van der Waals surface area contributed by atoms with Crippen molar-refractivity contribution in [3.63, 3.8) is 0 Å². The van der Waals surface area contributed by atoms with Gasteiger partial charge >= 0.3 is 6.18 Å². The van der Waals surface area contributed by atoms with Crippen LogP contribution in [0, 0.1) is 0 Å². The van der Waals surface area contributed by atoms with Gasteiger partial charge in [0, 0.05) is 5.56 Å². The molecule has 0 saturated carbocycles. The molecular formula is C16H12F3N3O3S. The molecule has 0 aliphatic rings. The van der Waals surface area contributed by atoms with Crippen LogP contribution < -0.4 is 4.74 Å². The number of rotatable bonds is 4. The lowest BCUT2D eigenvalue weighted by atomic mass is 10.1. The second-order valence-electron chi connectivity index (χ2n) is 5.20. The van der Waals surface area contributed by atoms with E-state index in [1.165, 1.54) is 43.5 Å². The van der Waals surface area contributed by atoms with E-state index in [2.05, 4.69) is 10.1 Å². The van der Waals surface area contributed by atoms with Crippen LogP contribution in [0.5, 0.6) is 5.75 Å². The molecule has 136 valence electrons. The highest BCUT2D eigenvalue weighted by atomic mass is 32.2. The van der Waals surface area contributed by atoms with Crippen LogP contribution in [0.4, 0.5) is 13.2 Å². The van der Waals surface area contributed by atoms with Crippen LogP contribution in [0.1, 0.15) is 5.56 Å². The summed E-state index contributed by atoms with van der Waals surface area (Å²) in [4.78, 5) is 3.84. The summed E-state index contributed by atoms with van der Waals surface area (Å²) < 4.78 is 68.5. The maximum atomic E-state index is 12.6. The summed E-state index contributed by atoms with van der Waals surface area (Å²) in [6, 6.07) is 9.81. The number of aromatic nitrogens is 3. The first-order valence-electron chi connectivity index (χ1n) is 7.21. The minimum absolute atomic E-state index is 0.00388. The number of benzene rings is 2. The van der Waals surface area contributed by atoms with Crippen LogP contribution in [0.15, 0.2) is 59.8 Å². The van der Waals surface area contributed by atoms with Gasteiger partial charge in [-0.2, -0.15) is 21.6 Å².